The Morgan fingerprint density at radius 1 is 1.07 bits per heavy atom. The van der Waals surface area contributed by atoms with E-state index in [1.54, 1.807) is 11.8 Å². The molecular formula is C24H32N2O3. The second-order valence-corrected chi connectivity index (χ2v) is 7.42. The maximum Gasteiger partial charge on any atom is 0.261 e. The average Bonchev–Trinajstić information content (AvgIpc) is 2.72. The minimum Gasteiger partial charge on any atom is -0.484 e. The quantitative estimate of drug-likeness (QED) is 0.665. The summed E-state index contributed by atoms with van der Waals surface area (Å²) in [5, 5.41) is 2.97. The van der Waals surface area contributed by atoms with Crippen molar-refractivity contribution >= 4 is 11.8 Å². The molecule has 2 atom stereocenters. The molecule has 0 fully saturated rings. The molecule has 2 aromatic carbocycles. The third-order valence-corrected chi connectivity index (χ3v) is 5.00. The maximum atomic E-state index is 12.9. The third kappa shape index (κ3) is 7.26. The van der Waals surface area contributed by atoms with E-state index in [9.17, 15) is 9.59 Å². The number of aryl methyl sites for hydroxylation is 1. The van der Waals surface area contributed by atoms with Gasteiger partial charge in [0.2, 0.25) is 5.91 Å². The van der Waals surface area contributed by atoms with E-state index >= 15 is 0 Å². The van der Waals surface area contributed by atoms with Crippen LogP contribution in [-0.2, 0) is 16.0 Å². The molecule has 156 valence electrons. The molecular weight excluding hydrogens is 364 g/mol. The van der Waals surface area contributed by atoms with Crippen LogP contribution in [0.2, 0.25) is 0 Å². The van der Waals surface area contributed by atoms with Gasteiger partial charge in [-0.15, -0.1) is 0 Å². The summed E-state index contributed by atoms with van der Waals surface area (Å²) in [5.41, 5.74) is 2.19. The molecule has 0 unspecified atom stereocenters. The summed E-state index contributed by atoms with van der Waals surface area (Å²) in [6.07, 6.45) is 1.52. The monoisotopic (exact) mass is 396 g/mol. The Balaban J connectivity index is 2.07. The van der Waals surface area contributed by atoms with Gasteiger partial charge in [-0.25, -0.2) is 0 Å². The first-order valence-corrected chi connectivity index (χ1v) is 10.2. The number of benzene rings is 2. The molecule has 0 saturated heterocycles. The van der Waals surface area contributed by atoms with E-state index in [0.29, 0.717) is 18.7 Å². The van der Waals surface area contributed by atoms with E-state index in [4.69, 9.17) is 4.74 Å². The molecule has 5 heteroatoms. The van der Waals surface area contributed by atoms with Crippen molar-refractivity contribution in [3.05, 3.63) is 65.7 Å². The zero-order valence-corrected chi connectivity index (χ0v) is 17.9. The van der Waals surface area contributed by atoms with Gasteiger partial charge in [0.1, 0.15) is 11.8 Å². The van der Waals surface area contributed by atoms with Gasteiger partial charge < -0.3 is 15.0 Å². The zero-order valence-electron chi connectivity index (χ0n) is 17.9. The van der Waals surface area contributed by atoms with Gasteiger partial charge in [0.05, 0.1) is 0 Å². The van der Waals surface area contributed by atoms with Crippen molar-refractivity contribution in [2.45, 2.75) is 52.6 Å². The van der Waals surface area contributed by atoms with E-state index in [0.717, 1.165) is 17.5 Å². The van der Waals surface area contributed by atoms with Crippen LogP contribution >= 0.6 is 0 Å². The summed E-state index contributed by atoms with van der Waals surface area (Å²) in [6, 6.07) is 17.0. The average molecular weight is 397 g/mol. The summed E-state index contributed by atoms with van der Waals surface area (Å²) in [7, 11) is 0. The molecule has 0 heterocycles. The fraction of sp³-hybridized carbons (Fsp3) is 0.417. The minimum atomic E-state index is -0.568. The van der Waals surface area contributed by atoms with Gasteiger partial charge in [0.25, 0.3) is 5.91 Å². The van der Waals surface area contributed by atoms with Crippen LogP contribution in [0.3, 0.4) is 0 Å². The van der Waals surface area contributed by atoms with Gasteiger partial charge in [-0.2, -0.15) is 0 Å². The minimum absolute atomic E-state index is 0.0690. The molecule has 0 aromatic heterocycles. The molecule has 5 nitrogen and oxygen atoms in total. The second kappa shape index (κ2) is 11.2. The number of nitrogens with one attached hydrogen (secondary N) is 1. The van der Waals surface area contributed by atoms with Crippen molar-refractivity contribution < 1.29 is 14.3 Å². The topological polar surface area (TPSA) is 58.6 Å². The van der Waals surface area contributed by atoms with Crippen molar-refractivity contribution in [1.82, 2.24) is 10.2 Å². The normalized spacial score (nSPS) is 12.7. The van der Waals surface area contributed by atoms with Crippen LogP contribution in [0.4, 0.5) is 0 Å². The number of rotatable bonds is 10. The fourth-order valence-corrected chi connectivity index (χ4v) is 2.97. The number of carbonyl (C=O) groups is 2. The van der Waals surface area contributed by atoms with Crippen molar-refractivity contribution in [3.8, 4) is 5.75 Å². The molecule has 0 aliphatic heterocycles. The Morgan fingerprint density at radius 3 is 2.45 bits per heavy atom. The predicted octanol–water partition coefficient (Wildman–Crippen LogP) is 3.75. The Kier molecular flexibility index (Phi) is 8.71. The van der Waals surface area contributed by atoms with E-state index in [1.165, 1.54) is 0 Å². The number of nitrogens with zero attached hydrogens (tertiary/aromatic N) is 1. The van der Waals surface area contributed by atoms with Crippen molar-refractivity contribution in [1.29, 1.82) is 0 Å². The highest BCUT2D eigenvalue weighted by Gasteiger charge is 2.26. The molecule has 29 heavy (non-hydrogen) atoms. The van der Waals surface area contributed by atoms with Gasteiger partial charge >= 0.3 is 0 Å². The molecule has 1 N–H and O–H groups in total. The predicted molar refractivity (Wildman–Crippen MR) is 116 cm³/mol. The molecule has 2 amide bonds. The lowest BCUT2D eigenvalue weighted by Crippen LogP contribution is -2.51. The molecule has 0 aliphatic rings. The van der Waals surface area contributed by atoms with Gasteiger partial charge in [0, 0.05) is 12.6 Å². The third-order valence-electron chi connectivity index (χ3n) is 5.00. The summed E-state index contributed by atoms with van der Waals surface area (Å²) in [5.74, 6) is 0.309. The maximum absolute atomic E-state index is 12.9. The van der Waals surface area contributed by atoms with Crippen LogP contribution in [-0.4, -0.2) is 41.9 Å². The van der Waals surface area contributed by atoms with Crippen LogP contribution in [0, 0.1) is 6.92 Å². The number of amides is 2. The lowest BCUT2D eigenvalue weighted by molar-refractivity contribution is -0.141. The molecule has 0 radical (unpaired) electrons. The van der Waals surface area contributed by atoms with Crippen LogP contribution in [0.25, 0.3) is 0 Å². The summed E-state index contributed by atoms with van der Waals surface area (Å²) < 4.78 is 5.69. The van der Waals surface area contributed by atoms with Gasteiger partial charge in [0.15, 0.2) is 6.61 Å². The second-order valence-electron chi connectivity index (χ2n) is 7.42. The van der Waals surface area contributed by atoms with E-state index in [2.05, 4.69) is 5.32 Å². The number of ether oxygens (including phenoxy) is 1. The first-order chi connectivity index (χ1) is 13.9. The van der Waals surface area contributed by atoms with Gasteiger partial charge in [-0.05, 0) is 56.9 Å². The summed E-state index contributed by atoms with van der Waals surface area (Å²) in [6.45, 7) is 8.08. The highest BCUT2D eigenvalue weighted by atomic mass is 16.5. The Labute approximate surface area is 174 Å². The van der Waals surface area contributed by atoms with Crippen molar-refractivity contribution in [3.63, 3.8) is 0 Å². The first-order valence-electron chi connectivity index (χ1n) is 10.2. The SMILES string of the molecule is CC[C@@H](C)NC(=O)[C@@H](C)N(CCc1ccccc1)C(=O)COc1cccc(C)c1. The van der Waals surface area contributed by atoms with E-state index < -0.39 is 6.04 Å². The molecule has 0 spiro atoms. The summed E-state index contributed by atoms with van der Waals surface area (Å²) in [4.78, 5) is 27.2. The van der Waals surface area contributed by atoms with E-state index in [1.807, 2.05) is 75.4 Å². The molecule has 0 bridgehead atoms. The molecule has 0 aliphatic carbocycles. The highest BCUT2D eigenvalue weighted by molar-refractivity contribution is 5.88. The zero-order chi connectivity index (χ0) is 21.2. The molecule has 2 aromatic rings. The first kappa shape index (κ1) is 22.5. The summed E-state index contributed by atoms with van der Waals surface area (Å²) >= 11 is 0. The van der Waals surface area contributed by atoms with Crippen LogP contribution < -0.4 is 10.1 Å². The van der Waals surface area contributed by atoms with Gasteiger partial charge in [-0.1, -0.05) is 49.4 Å². The molecule has 0 saturated carbocycles. The Hall–Kier alpha value is -2.82. The van der Waals surface area contributed by atoms with Crippen LogP contribution in [0.5, 0.6) is 5.75 Å². The lowest BCUT2D eigenvalue weighted by Gasteiger charge is -2.29. The van der Waals surface area contributed by atoms with Gasteiger partial charge in [-0.3, -0.25) is 9.59 Å². The number of hydrogen-bond acceptors (Lipinski definition) is 3. The smallest absolute Gasteiger partial charge is 0.261 e. The van der Waals surface area contributed by atoms with E-state index in [-0.39, 0.29) is 24.5 Å². The highest BCUT2D eigenvalue weighted by Crippen LogP contribution is 2.13. The standard InChI is InChI=1S/C24H32N2O3/c1-5-19(3)25-24(28)20(4)26(15-14-21-11-7-6-8-12-21)23(27)17-29-22-13-9-10-18(2)16-22/h6-13,16,19-20H,5,14-15,17H2,1-4H3,(H,25,28)/t19-,20-/m1/s1. The fourth-order valence-electron chi connectivity index (χ4n) is 2.97. The van der Waals surface area contributed by atoms with Crippen LogP contribution in [0.15, 0.2) is 54.6 Å². The van der Waals surface area contributed by atoms with Crippen molar-refractivity contribution in [2.24, 2.45) is 0 Å². The van der Waals surface area contributed by atoms with Crippen LogP contribution in [0.1, 0.15) is 38.3 Å². The van der Waals surface area contributed by atoms with Crippen molar-refractivity contribution in [2.75, 3.05) is 13.2 Å². The Bertz CT molecular complexity index is 792. The molecule has 2 rings (SSSR count). The lowest BCUT2D eigenvalue weighted by atomic mass is 10.1. The number of carbonyl (C=O) groups excluding carboxylic acids is 2. The number of hydrogen-bond donors (Lipinski definition) is 1. The Morgan fingerprint density at radius 2 is 1.79 bits per heavy atom. The largest absolute Gasteiger partial charge is 0.484 e.